The van der Waals surface area contributed by atoms with E-state index < -0.39 is 23.9 Å². The van der Waals surface area contributed by atoms with Gasteiger partial charge in [-0.3, -0.25) is 5.10 Å². The number of alkyl halides is 3. The first-order valence-electron chi connectivity index (χ1n) is 8.95. The number of carboxylic acids is 1. The topological polar surface area (TPSA) is 80.1 Å². The number of nitrogens with one attached hydrogen (secondary N) is 1. The molecule has 0 saturated carbocycles. The molecular formula is C21H16F3N3O3. The van der Waals surface area contributed by atoms with Crippen molar-refractivity contribution in [3.63, 3.8) is 0 Å². The Morgan fingerprint density at radius 1 is 1.13 bits per heavy atom. The van der Waals surface area contributed by atoms with Gasteiger partial charge in [0.1, 0.15) is 0 Å². The number of benzene rings is 2. The smallest absolute Gasteiger partial charge is 0.416 e. The van der Waals surface area contributed by atoms with E-state index in [1.807, 2.05) is 18.2 Å². The summed E-state index contributed by atoms with van der Waals surface area (Å²) in [5.41, 5.74) is 1.40. The molecule has 1 unspecified atom stereocenters. The van der Waals surface area contributed by atoms with Crippen LogP contribution >= 0.6 is 0 Å². The number of rotatable bonds is 6. The molecule has 1 atom stereocenters. The normalized spacial score (nSPS) is 12.9. The molecule has 154 valence electrons. The summed E-state index contributed by atoms with van der Waals surface area (Å²) in [6.07, 6.45) is -4.01. The average molecular weight is 415 g/mol. The van der Waals surface area contributed by atoms with Crippen LogP contribution in [0.1, 0.15) is 17.5 Å². The summed E-state index contributed by atoms with van der Waals surface area (Å²) in [4.78, 5) is 11.7. The van der Waals surface area contributed by atoms with Crippen molar-refractivity contribution in [1.29, 1.82) is 0 Å². The van der Waals surface area contributed by atoms with Crippen molar-refractivity contribution in [1.82, 2.24) is 14.8 Å². The fraction of sp³-hybridized carbons (Fsp3) is 0.143. The molecular weight excluding hydrogens is 399 g/mol. The number of hydrogen-bond donors (Lipinski definition) is 2. The lowest BCUT2D eigenvalue weighted by molar-refractivity contribution is -0.158. The molecule has 6 nitrogen and oxygen atoms in total. The van der Waals surface area contributed by atoms with Crippen molar-refractivity contribution in [2.75, 3.05) is 0 Å². The number of aliphatic carboxylic acids is 1. The zero-order valence-corrected chi connectivity index (χ0v) is 15.4. The van der Waals surface area contributed by atoms with Crippen LogP contribution in [-0.4, -0.2) is 25.8 Å². The number of carbonyl (C=O) groups is 1. The second-order valence-corrected chi connectivity index (χ2v) is 6.64. The predicted octanol–water partition coefficient (Wildman–Crippen LogP) is 4.85. The molecule has 2 aromatic heterocycles. The third kappa shape index (κ3) is 3.92. The van der Waals surface area contributed by atoms with E-state index in [-0.39, 0.29) is 6.61 Å². The van der Waals surface area contributed by atoms with Crippen molar-refractivity contribution in [2.24, 2.45) is 0 Å². The van der Waals surface area contributed by atoms with E-state index in [0.717, 1.165) is 23.0 Å². The Labute approximate surface area is 168 Å². The maximum atomic E-state index is 12.7. The van der Waals surface area contributed by atoms with E-state index in [2.05, 4.69) is 10.2 Å². The van der Waals surface area contributed by atoms with Crippen molar-refractivity contribution in [3.8, 4) is 11.3 Å². The molecule has 0 spiro atoms. The Morgan fingerprint density at radius 3 is 2.57 bits per heavy atom. The van der Waals surface area contributed by atoms with E-state index >= 15 is 0 Å². The number of H-pyrrole nitrogens is 1. The third-order valence-corrected chi connectivity index (χ3v) is 4.63. The summed E-state index contributed by atoms with van der Waals surface area (Å²) >= 11 is 0. The number of fused-ring (bicyclic) bond motifs is 1. The van der Waals surface area contributed by atoms with Gasteiger partial charge in [-0.2, -0.15) is 18.3 Å². The number of halogens is 3. The Kier molecular flexibility index (Phi) is 5.04. The quantitative estimate of drug-likeness (QED) is 0.472. The van der Waals surface area contributed by atoms with Crippen LogP contribution in [0, 0.1) is 0 Å². The second-order valence-electron chi connectivity index (χ2n) is 6.64. The third-order valence-electron chi connectivity index (χ3n) is 4.63. The highest BCUT2D eigenvalue weighted by Gasteiger charge is 2.30. The number of para-hydroxylation sites is 1. The minimum Gasteiger partial charge on any atom is -0.478 e. The van der Waals surface area contributed by atoms with Gasteiger partial charge < -0.3 is 14.4 Å². The van der Waals surface area contributed by atoms with Gasteiger partial charge in [0.15, 0.2) is 0 Å². The first kappa shape index (κ1) is 19.7. The van der Waals surface area contributed by atoms with Gasteiger partial charge in [0.25, 0.3) is 0 Å². The molecule has 0 aliphatic heterocycles. The molecule has 9 heteroatoms. The van der Waals surface area contributed by atoms with Crippen LogP contribution in [0.15, 0.2) is 66.9 Å². The molecule has 4 aromatic rings. The number of hydrogen-bond acceptors (Lipinski definition) is 3. The molecule has 0 aliphatic rings. The first-order valence-corrected chi connectivity index (χ1v) is 8.95. The summed E-state index contributed by atoms with van der Waals surface area (Å²) in [5, 5.41) is 17.3. The highest BCUT2D eigenvalue weighted by Crippen LogP contribution is 2.31. The Hall–Kier alpha value is -3.59. The number of aromatic amines is 1. The minimum absolute atomic E-state index is 0.0723. The summed E-state index contributed by atoms with van der Waals surface area (Å²) in [6.45, 7) is -0.0723. The van der Waals surface area contributed by atoms with Crippen LogP contribution in [0.25, 0.3) is 22.2 Å². The molecule has 0 aliphatic carbocycles. The van der Waals surface area contributed by atoms with Crippen molar-refractivity contribution >= 4 is 16.9 Å². The number of nitrogens with zero attached hydrogens (tertiary/aromatic N) is 2. The first-order chi connectivity index (χ1) is 14.3. The zero-order valence-electron chi connectivity index (χ0n) is 15.4. The molecule has 4 rings (SSSR count). The highest BCUT2D eigenvalue weighted by molar-refractivity contribution is 5.82. The highest BCUT2D eigenvalue weighted by atomic mass is 19.4. The van der Waals surface area contributed by atoms with Gasteiger partial charge >= 0.3 is 12.1 Å². The second kappa shape index (κ2) is 7.68. The van der Waals surface area contributed by atoms with E-state index in [1.54, 1.807) is 24.4 Å². The van der Waals surface area contributed by atoms with E-state index in [0.29, 0.717) is 17.0 Å². The summed E-state index contributed by atoms with van der Waals surface area (Å²) in [7, 11) is 0. The Morgan fingerprint density at radius 2 is 1.87 bits per heavy atom. The lowest BCUT2D eigenvalue weighted by atomic mass is 10.1. The molecule has 0 bridgehead atoms. The monoisotopic (exact) mass is 415 g/mol. The van der Waals surface area contributed by atoms with Crippen LogP contribution in [0.4, 0.5) is 13.2 Å². The maximum Gasteiger partial charge on any atom is 0.416 e. The van der Waals surface area contributed by atoms with E-state index in [1.165, 1.54) is 16.7 Å². The van der Waals surface area contributed by atoms with Gasteiger partial charge in [-0.05, 0) is 35.7 Å². The average Bonchev–Trinajstić information content (AvgIpc) is 3.35. The Bertz CT molecular complexity index is 1180. The molecule has 0 saturated heterocycles. The minimum atomic E-state index is -4.41. The van der Waals surface area contributed by atoms with Crippen LogP contribution in [-0.2, 0) is 22.3 Å². The number of aromatic nitrogens is 3. The Balaban J connectivity index is 1.50. The molecule has 0 fully saturated rings. The fourth-order valence-electron chi connectivity index (χ4n) is 3.16. The van der Waals surface area contributed by atoms with Gasteiger partial charge in [0, 0.05) is 11.8 Å². The van der Waals surface area contributed by atoms with Gasteiger partial charge in [-0.15, -0.1) is 0 Å². The molecule has 30 heavy (non-hydrogen) atoms. The van der Waals surface area contributed by atoms with E-state index in [4.69, 9.17) is 4.74 Å². The zero-order chi connectivity index (χ0) is 21.3. The fourth-order valence-corrected chi connectivity index (χ4v) is 3.16. The SMILES string of the molecule is O=C(O)C(OCc1cc(-c2ccc(C(F)(F)F)cc2)n[nH]1)n1ccc2ccccc21. The van der Waals surface area contributed by atoms with Crippen molar-refractivity contribution < 1.29 is 27.8 Å². The van der Waals surface area contributed by atoms with Gasteiger partial charge in [0.2, 0.25) is 6.23 Å². The lowest BCUT2D eigenvalue weighted by Gasteiger charge is -2.16. The van der Waals surface area contributed by atoms with Crippen LogP contribution in [0.3, 0.4) is 0 Å². The van der Waals surface area contributed by atoms with E-state index in [9.17, 15) is 23.1 Å². The predicted molar refractivity (Wildman–Crippen MR) is 102 cm³/mol. The number of carboxylic acid groups (broad SMARTS) is 1. The van der Waals surface area contributed by atoms with Gasteiger partial charge in [-0.25, -0.2) is 4.79 Å². The van der Waals surface area contributed by atoms with Crippen LogP contribution < -0.4 is 0 Å². The van der Waals surface area contributed by atoms with Gasteiger partial charge in [-0.1, -0.05) is 30.3 Å². The maximum absolute atomic E-state index is 12.7. The molecule has 0 amide bonds. The van der Waals surface area contributed by atoms with Crippen molar-refractivity contribution in [3.05, 3.63) is 78.1 Å². The lowest BCUT2D eigenvalue weighted by Crippen LogP contribution is -2.21. The summed E-state index contributed by atoms with van der Waals surface area (Å²) in [6, 6.07) is 15.4. The van der Waals surface area contributed by atoms with Crippen LogP contribution in [0.2, 0.25) is 0 Å². The van der Waals surface area contributed by atoms with Crippen molar-refractivity contribution in [2.45, 2.75) is 19.0 Å². The standard InChI is InChI=1S/C21H16F3N3O3/c22-21(23,24)15-7-5-13(6-8-15)17-11-16(25-26-17)12-30-19(20(28)29)27-10-9-14-3-1-2-4-18(14)27/h1-11,19H,12H2,(H,25,26)(H,28,29). The summed E-state index contributed by atoms with van der Waals surface area (Å²) in [5.74, 6) is -1.15. The molecule has 2 N–H and O–H groups in total. The van der Waals surface area contributed by atoms with Gasteiger partial charge in [0.05, 0.1) is 29.1 Å². The summed E-state index contributed by atoms with van der Waals surface area (Å²) < 4.78 is 45.2. The number of ether oxygens (including phenoxy) is 1. The molecule has 2 aromatic carbocycles. The largest absolute Gasteiger partial charge is 0.478 e. The van der Waals surface area contributed by atoms with Crippen LogP contribution in [0.5, 0.6) is 0 Å². The molecule has 2 heterocycles. The molecule has 0 radical (unpaired) electrons.